The monoisotopic (exact) mass is 442 g/mol. The summed E-state index contributed by atoms with van der Waals surface area (Å²) in [6.45, 7) is 3.90. The fraction of sp³-hybridized carbons (Fsp3) is 0.250. The molecule has 8 nitrogen and oxygen atoms in total. The number of thiazole rings is 1. The Morgan fingerprint density at radius 1 is 1.20 bits per heavy atom. The molecule has 0 saturated carbocycles. The molecule has 0 aliphatic heterocycles. The Morgan fingerprint density at radius 3 is 2.80 bits per heavy atom. The quantitative estimate of drug-likeness (QED) is 0.459. The number of nitrogens with zero attached hydrogens (tertiary/aromatic N) is 3. The van der Waals surface area contributed by atoms with Crippen LogP contribution in [0.25, 0.3) is 20.4 Å². The molecule has 1 amide bonds. The Bertz CT molecular complexity index is 1320. The van der Waals surface area contributed by atoms with Gasteiger partial charge in [-0.05, 0) is 37.6 Å². The Hall–Kier alpha value is -3.11. The molecule has 4 rings (SSSR count). The highest BCUT2D eigenvalue weighted by molar-refractivity contribution is 7.22. The predicted octanol–water partition coefficient (Wildman–Crippen LogP) is 3.45. The van der Waals surface area contributed by atoms with E-state index < -0.39 is 5.97 Å². The summed E-state index contributed by atoms with van der Waals surface area (Å²) in [6.07, 6.45) is 2.22. The number of carbonyl (C=O) groups excluding carboxylic acids is 2. The molecule has 0 saturated heterocycles. The van der Waals surface area contributed by atoms with Crippen molar-refractivity contribution >= 4 is 60.1 Å². The van der Waals surface area contributed by atoms with Gasteiger partial charge in [-0.25, -0.2) is 14.8 Å². The van der Waals surface area contributed by atoms with Gasteiger partial charge in [0.1, 0.15) is 11.4 Å². The van der Waals surface area contributed by atoms with Crippen LogP contribution in [0.4, 0.5) is 5.13 Å². The second-order valence-electron chi connectivity index (χ2n) is 6.43. The van der Waals surface area contributed by atoms with Crippen molar-refractivity contribution in [2.45, 2.75) is 26.8 Å². The Morgan fingerprint density at radius 2 is 2.03 bits per heavy atom. The first-order valence-electron chi connectivity index (χ1n) is 9.34. The minimum atomic E-state index is -0.402. The first kappa shape index (κ1) is 20.2. The third-order valence-electron chi connectivity index (χ3n) is 4.38. The number of nitrogens with one attached hydrogen (secondary N) is 1. The maximum atomic E-state index is 12.6. The average Bonchev–Trinajstić information content (AvgIpc) is 3.33. The second kappa shape index (κ2) is 8.33. The van der Waals surface area contributed by atoms with E-state index in [-0.39, 0.29) is 18.0 Å². The molecule has 10 heteroatoms. The van der Waals surface area contributed by atoms with E-state index in [1.807, 2.05) is 13.0 Å². The van der Waals surface area contributed by atoms with Crippen molar-refractivity contribution in [1.82, 2.24) is 14.5 Å². The summed E-state index contributed by atoms with van der Waals surface area (Å²) in [4.78, 5) is 47.4. The van der Waals surface area contributed by atoms with E-state index >= 15 is 0 Å². The second-order valence-corrected chi connectivity index (χ2v) is 8.58. The number of aromatic nitrogens is 3. The molecular weight excluding hydrogens is 424 g/mol. The summed E-state index contributed by atoms with van der Waals surface area (Å²) in [5.41, 5.74) is 0.850. The number of rotatable bonds is 6. The molecule has 0 aliphatic carbocycles. The largest absolute Gasteiger partial charge is 0.462 e. The number of fused-ring (bicyclic) bond motifs is 2. The number of hydrogen-bond acceptors (Lipinski definition) is 8. The van der Waals surface area contributed by atoms with Crippen LogP contribution < -0.4 is 10.9 Å². The molecule has 0 spiro atoms. The summed E-state index contributed by atoms with van der Waals surface area (Å²) in [7, 11) is 0. The van der Waals surface area contributed by atoms with Gasteiger partial charge in [-0.3, -0.25) is 14.2 Å². The van der Waals surface area contributed by atoms with Crippen molar-refractivity contribution in [2.24, 2.45) is 0 Å². The van der Waals surface area contributed by atoms with Crippen LogP contribution in [-0.2, 0) is 22.5 Å². The fourth-order valence-corrected chi connectivity index (χ4v) is 4.78. The highest BCUT2D eigenvalue weighted by Crippen LogP contribution is 2.27. The molecule has 4 aromatic rings. The molecule has 0 bridgehead atoms. The maximum Gasteiger partial charge on any atom is 0.338 e. The van der Waals surface area contributed by atoms with Crippen molar-refractivity contribution in [2.75, 3.05) is 11.9 Å². The van der Waals surface area contributed by atoms with E-state index in [1.165, 1.54) is 33.6 Å². The van der Waals surface area contributed by atoms with Crippen molar-refractivity contribution < 1.29 is 14.3 Å². The van der Waals surface area contributed by atoms with E-state index in [0.717, 1.165) is 16.0 Å². The molecule has 3 heterocycles. The van der Waals surface area contributed by atoms with Gasteiger partial charge in [0, 0.05) is 4.88 Å². The van der Waals surface area contributed by atoms with Crippen LogP contribution >= 0.6 is 22.7 Å². The van der Waals surface area contributed by atoms with Gasteiger partial charge in [0.2, 0.25) is 5.91 Å². The van der Waals surface area contributed by atoms with Crippen LogP contribution in [0.15, 0.2) is 35.4 Å². The molecule has 0 unspecified atom stereocenters. The van der Waals surface area contributed by atoms with Gasteiger partial charge in [-0.2, -0.15) is 0 Å². The lowest BCUT2D eigenvalue weighted by Gasteiger charge is -2.04. The number of amides is 1. The topological polar surface area (TPSA) is 103 Å². The van der Waals surface area contributed by atoms with Crippen molar-refractivity contribution in [3.8, 4) is 0 Å². The van der Waals surface area contributed by atoms with E-state index in [9.17, 15) is 14.4 Å². The van der Waals surface area contributed by atoms with E-state index in [2.05, 4.69) is 15.3 Å². The molecule has 1 N–H and O–H groups in total. The summed E-state index contributed by atoms with van der Waals surface area (Å²) in [5.74, 6) is -0.783. The molecular formula is C20H18N4O4S2. The van der Waals surface area contributed by atoms with E-state index in [4.69, 9.17) is 4.74 Å². The van der Waals surface area contributed by atoms with Crippen LogP contribution in [0.1, 0.15) is 29.1 Å². The van der Waals surface area contributed by atoms with Crippen LogP contribution in [-0.4, -0.2) is 33.0 Å². The van der Waals surface area contributed by atoms with Crippen molar-refractivity contribution in [1.29, 1.82) is 0 Å². The lowest BCUT2D eigenvalue weighted by Crippen LogP contribution is -2.27. The summed E-state index contributed by atoms with van der Waals surface area (Å²) < 4.78 is 7.04. The van der Waals surface area contributed by atoms with Crippen molar-refractivity contribution in [3.05, 3.63) is 51.4 Å². The molecule has 30 heavy (non-hydrogen) atoms. The summed E-state index contributed by atoms with van der Waals surface area (Å²) in [5, 5.41) is 3.63. The molecule has 0 fully saturated rings. The van der Waals surface area contributed by atoms with Crippen molar-refractivity contribution in [3.63, 3.8) is 0 Å². The van der Waals surface area contributed by atoms with Gasteiger partial charge in [0.15, 0.2) is 5.13 Å². The smallest absolute Gasteiger partial charge is 0.338 e. The molecule has 1 aromatic carbocycles. The Labute approximate surface area is 179 Å². The number of hydrogen-bond donors (Lipinski definition) is 1. The molecule has 154 valence electrons. The molecule has 0 radical (unpaired) electrons. The van der Waals surface area contributed by atoms with Crippen LogP contribution in [0.5, 0.6) is 0 Å². The standard InChI is InChI=1S/C20H18N4O4S2/c1-3-12-8-13-17(29-12)21-10-24(18(13)26)9-16(25)23-20-22-14-6-5-11(7-15(14)30-20)19(27)28-4-2/h5-8,10H,3-4,9H2,1-2H3,(H,22,23,25). The first-order valence-corrected chi connectivity index (χ1v) is 11.0. The lowest BCUT2D eigenvalue weighted by atomic mass is 10.2. The lowest BCUT2D eigenvalue weighted by molar-refractivity contribution is -0.116. The number of anilines is 1. The van der Waals surface area contributed by atoms with Gasteiger partial charge < -0.3 is 10.1 Å². The van der Waals surface area contributed by atoms with Gasteiger partial charge in [0.25, 0.3) is 5.56 Å². The first-order chi connectivity index (χ1) is 14.5. The van der Waals surface area contributed by atoms with Gasteiger partial charge >= 0.3 is 5.97 Å². The number of carbonyl (C=O) groups is 2. The number of ether oxygens (including phenoxy) is 1. The SMILES string of the molecule is CCOC(=O)c1ccc2nc(NC(=O)Cn3cnc4sc(CC)cc4c3=O)sc2c1. The van der Waals surface area contributed by atoms with Gasteiger partial charge in [-0.1, -0.05) is 18.3 Å². The maximum absolute atomic E-state index is 12.6. The number of benzene rings is 1. The minimum Gasteiger partial charge on any atom is -0.462 e. The normalized spacial score (nSPS) is 11.1. The highest BCUT2D eigenvalue weighted by atomic mass is 32.1. The number of aryl methyl sites for hydroxylation is 1. The van der Waals surface area contributed by atoms with Crippen LogP contribution in [0.3, 0.4) is 0 Å². The zero-order chi connectivity index (χ0) is 21.3. The third-order valence-corrected chi connectivity index (χ3v) is 6.50. The average molecular weight is 443 g/mol. The Balaban J connectivity index is 1.52. The summed E-state index contributed by atoms with van der Waals surface area (Å²) in [6, 6.07) is 6.86. The van der Waals surface area contributed by atoms with E-state index in [0.29, 0.717) is 33.0 Å². The highest BCUT2D eigenvalue weighted by Gasteiger charge is 2.14. The fourth-order valence-electron chi connectivity index (χ4n) is 2.93. The van der Waals surface area contributed by atoms with Crippen LogP contribution in [0, 0.1) is 0 Å². The van der Waals surface area contributed by atoms with Crippen LogP contribution in [0.2, 0.25) is 0 Å². The molecule has 0 atom stereocenters. The van der Waals surface area contributed by atoms with E-state index in [1.54, 1.807) is 25.1 Å². The number of thiophene rings is 1. The Kier molecular flexibility index (Phi) is 5.60. The minimum absolute atomic E-state index is 0.164. The summed E-state index contributed by atoms with van der Waals surface area (Å²) >= 11 is 2.73. The van der Waals surface area contributed by atoms with Gasteiger partial charge in [0.05, 0.1) is 34.1 Å². The molecule has 3 aromatic heterocycles. The van der Waals surface area contributed by atoms with Gasteiger partial charge in [-0.15, -0.1) is 11.3 Å². The zero-order valence-electron chi connectivity index (χ0n) is 16.3. The zero-order valence-corrected chi connectivity index (χ0v) is 17.9. The third kappa shape index (κ3) is 3.96. The predicted molar refractivity (Wildman–Crippen MR) is 117 cm³/mol. The number of esters is 1. The molecule has 0 aliphatic rings.